The van der Waals surface area contributed by atoms with Crippen molar-refractivity contribution in [2.24, 2.45) is 0 Å². The number of halogens is 3. The van der Waals surface area contributed by atoms with Gasteiger partial charge in [-0.2, -0.15) is 13.2 Å². The van der Waals surface area contributed by atoms with E-state index in [1.165, 1.54) is 23.3 Å². The van der Waals surface area contributed by atoms with Gasteiger partial charge in [-0.25, -0.2) is 0 Å². The minimum atomic E-state index is -4.30. The van der Waals surface area contributed by atoms with Crippen LogP contribution >= 0.6 is 0 Å². The van der Waals surface area contributed by atoms with E-state index in [1.807, 2.05) is 18.2 Å². The van der Waals surface area contributed by atoms with Gasteiger partial charge in [0, 0.05) is 0 Å². The molecular formula is C20H20F3NO. The quantitative estimate of drug-likeness (QED) is 0.880. The number of hydrogen-bond donors (Lipinski definition) is 1. The molecule has 0 amide bonds. The Morgan fingerprint density at radius 1 is 1.00 bits per heavy atom. The van der Waals surface area contributed by atoms with Crippen LogP contribution in [0.2, 0.25) is 0 Å². The summed E-state index contributed by atoms with van der Waals surface area (Å²) in [4.78, 5) is 0. The van der Waals surface area contributed by atoms with Crippen LogP contribution in [0, 0.1) is 0 Å². The van der Waals surface area contributed by atoms with Crippen LogP contribution in [-0.4, -0.2) is 19.7 Å². The smallest absolute Gasteiger partial charge is 0.416 e. The molecule has 1 N–H and O–H groups in total. The number of fused-ring (bicyclic) bond motifs is 1. The maximum Gasteiger partial charge on any atom is 0.416 e. The molecule has 0 aromatic heterocycles. The number of hydrogen-bond acceptors (Lipinski definition) is 2. The lowest BCUT2D eigenvalue weighted by Crippen LogP contribution is -2.16. The van der Waals surface area contributed by atoms with Crippen molar-refractivity contribution in [2.45, 2.75) is 19.0 Å². The summed E-state index contributed by atoms with van der Waals surface area (Å²) in [6, 6.07) is 11.2. The normalized spacial score (nSPS) is 15.0. The first-order valence-corrected chi connectivity index (χ1v) is 8.32. The van der Waals surface area contributed by atoms with Gasteiger partial charge < -0.3 is 10.1 Å². The molecule has 5 heteroatoms. The number of nitrogens with one attached hydrogen (secondary N) is 1. The van der Waals surface area contributed by atoms with Gasteiger partial charge in [-0.05, 0) is 66.9 Å². The molecular weight excluding hydrogens is 327 g/mol. The van der Waals surface area contributed by atoms with Crippen LogP contribution in [0.5, 0.6) is 5.75 Å². The second kappa shape index (κ2) is 7.74. The zero-order valence-corrected chi connectivity index (χ0v) is 13.8. The fourth-order valence-corrected chi connectivity index (χ4v) is 2.93. The summed E-state index contributed by atoms with van der Waals surface area (Å²) in [5.41, 5.74) is 2.64. The zero-order chi connectivity index (χ0) is 17.7. The van der Waals surface area contributed by atoms with Crippen LogP contribution in [0.25, 0.3) is 6.08 Å². The van der Waals surface area contributed by atoms with E-state index in [4.69, 9.17) is 4.74 Å². The van der Waals surface area contributed by atoms with Crippen molar-refractivity contribution in [1.29, 1.82) is 0 Å². The van der Waals surface area contributed by atoms with Crippen molar-refractivity contribution in [3.8, 4) is 5.75 Å². The first-order valence-electron chi connectivity index (χ1n) is 8.32. The Kier molecular flexibility index (Phi) is 5.43. The molecule has 132 valence electrons. The van der Waals surface area contributed by atoms with Crippen molar-refractivity contribution >= 4 is 6.08 Å². The zero-order valence-electron chi connectivity index (χ0n) is 13.8. The summed E-state index contributed by atoms with van der Waals surface area (Å²) in [6.45, 7) is 2.30. The summed E-state index contributed by atoms with van der Waals surface area (Å²) in [5, 5.41) is 3.38. The second-order valence-electron chi connectivity index (χ2n) is 5.98. The molecule has 1 heterocycles. The monoisotopic (exact) mass is 347 g/mol. The third kappa shape index (κ3) is 4.63. The van der Waals surface area contributed by atoms with Crippen LogP contribution in [-0.2, 0) is 19.0 Å². The fraction of sp³-hybridized carbons (Fsp3) is 0.300. The first kappa shape index (κ1) is 17.5. The van der Waals surface area contributed by atoms with Crippen molar-refractivity contribution in [2.75, 3.05) is 19.7 Å². The minimum absolute atomic E-state index is 0.380. The summed E-state index contributed by atoms with van der Waals surface area (Å²) in [5.74, 6) is 0.887. The van der Waals surface area contributed by atoms with Gasteiger partial charge in [-0.3, -0.25) is 0 Å². The lowest BCUT2D eigenvalue weighted by molar-refractivity contribution is -0.137. The Bertz CT molecular complexity index is 736. The molecule has 0 saturated heterocycles. The molecule has 25 heavy (non-hydrogen) atoms. The summed E-state index contributed by atoms with van der Waals surface area (Å²) in [7, 11) is 0. The van der Waals surface area contributed by atoms with E-state index >= 15 is 0 Å². The molecule has 2 nitrogen and oxygen atoms in total. The number of ether oxygens (including phenoxy) is 1. The lowest BCUT2D eigenvalue weighted by atomic mass is 10.0. The van der Waals surface area contributed by atoms with E-state index in [2.05, 4.69) is 11.4 Å². The molecule has 3 rings (SSSR count). The number of alkyl halides is 3. The average molecular weight is 347 g/mol. The van der Waals surface area contributed by atoms with Crippen molar-refractivity contribution in [1.82, 2.24) is 5.32 Å². The van der Waals surface area contributed by atoms with Crippen LogP contribution in [0.1, 0.15) is 22.3 Å². The van der Waals surface area contributed by atoms with Gasteiger partial charge in [0.05, 0.1) is 5.56 Å². The lowest BCUT2D eigenvalue weighted by Gasteiger charge is -2.12. The van der Waals surface area contributed by atoms with Gasteiger partial charge in [0.1, 0.15) is 12.4 Å². The summed E-state index contributed by atoms with van der Waals surface area (Å²) < 4.78 is 43.5. The highest BCUT2D eigenvalue weighted by Gasteiger charge is 2.29. The molecule has 0 radical (unpaired) electrons. The molecule has 0 unspecified atom stereocenters. The van der Waals surface area contributed by atoms with Gasteiger partial charge in [0.25, 0.3) is 0 Å². The molecule has 0 aliphatic carbocycles. The van der Waals surface area contributed by atoms with E-state index in [0.29, 0.717) is 12.2 Å². The van der Waals surface area contributed by atoms with Gasteiger partial charge in [0.2, 0.25) is 0 Å². The summed E-state index contributed by atoms with van der Waals surface area (Å²) in [6.07, 6.45) is 1.22. The van der Waals surface area contributed by atoms with Gasteiger partial charge in [-0.1, -0.05) is 30.3 Å². The van der Waals surface area contributed by atoms with Crippen LogP contribution in [0.15, 0.2) is 48.5 Å². The van der Waals surface area contributed by atoms with Crippen molar-refractivity contribution < 1.29 is 17.9 Å². The van der Waals surface area contributed by atoms with E-state index in [1.54, 1.807) is 6.08 Å². The highest BCUT2D eigenvalue weighted by atomic mass is 19.4. The van der Waals surface area contributed by atoms with Gasteiger partial charge in [0.15, 0.2) is 0 Å². The number of rotatable bonds is 4. The molecule has 2 aromatic rings. The number of benzene rings is 2. The van der Waals surface area contributed by atoms with E-state index in [0.717, 1.165) is 43.8 Å². The standard InChI is InChI=1S/C20H20F3NO/c21-20(22,23)17-8-6-15(7-9-17)3-2-14-25-19-5-1-4-16-10-12-24-13-11-18(16)19/h1-9,24H,10-14H2/b3-2+. The minimum Gasteiger partial charge on any atom is -0.489 e. The Morgan fingerprint density at radius 2 is 1.76 bits per heavy atom. The fourth-order valence-electron chi connectivity index (χ4n) is 2.93. The van der Waals surface area contributed by atoms with Gasteiger partial charge in [-0.15, -0.1) is 0 Å². The SMILES string of the molecule is FC(F)(F)c1ccc(/C=C/COc2cccc3c2CCNCC3)cc1. The van der Waals surface area contributed by atoms with Crippen LogP contribution in [0.3, 0.4) is 0 Å². The maximum absolute atomic E-state index is 12.5. The average Bonchev–Trinajstić information content (AvgIpc) is 2.84. The van der Waals surface area contributed by atoms with E-state index in [-0.39, 0.29) is 0 Å². The Labute approximate surface area is 145 Å². The predicted octanol–water partition coefficient (Wildman–Crippen LogP) is 4.49. The van der Waals surface area contributed by atoms with Crippen molar-refractivity contribution in [3.05, 3.63) is 70.8 Å². The molecule has 0 atom stereocenters. The highest BCUT2D eigenvalue weighted by molar-refractivity contribution is 5.50. The van der Waals surface area contributed by atoms with Crippen LogP contribution < -0.4 is 10.1 Å². The highest BCUT2D eigenvalue weighted by Crippen LogP contribution is 2.29. The van der Waals surface area contributed by atoms with Crippen molar-refractivity contribution in [3.63, 3.8) is 0 Å². The Balaban J connectivity index is 1.61. The Morgan fingerprint density at radius 3 is 2.52 bits per heavy atom. The molecule has 0 saturated carbocycles. The third-order valence-electron chi connectivity index (χ3n) is 4.24. The summed E-state index contributed by atoms with van der Waals surface area (Å²) >= 11 is 0. The van der Waals surface area contributed by atoms with Gasteiger partial charge >= 0.3 is 6.18 Å². The molecule has 2 aromatic carbocycles. The molecule has 1 aliphatic heterocycles. The van der Waals surface area contributed by atoms with E-state index < -0.39 is 11.7 Å². The molecule has 1 aliphatic rings. The first-order chi connectivity index (χ1) is 12.0. The Hall–Kier alpha value is -2.27. The van der Waals surface area contributed by atoms with E-state index in [9.17, 15) is 13.2 Å². The third-order valence-corrected chi connectivity index (χ3v) is 4.24. The largest absolute Gasteiger partial charge is 0.489 e. The molecule has 0 spiro atoms. The predicted molar refractivity (Wildman–Crippen MR) is 92.7 cm³/mol. The van der Waals surface area contributed by atoms with Crippen LogP contribution in [0.4, 0.5) is 13.2 Å². The molecule has 0 fully saturated rings. The topological polar surface area (TPSA) is 21.3 Å². The molecule has 0 bridgehead atoms. The maximum atomic E-state index is 12.5. The second-order valence-corrected chi connectivity index (χ2v) is 5.98.